The molecule has 0 unspecified atom stereocenters. The van der Waals surface area contributed by atoms with Gasteiger partial charge in [0.2, 0.25) is 0 Å². The number of nitrogens with one attached hydrogen (secondary N) is 3. The lowest BCUT2D eigenvalue weighted by Crippen LogP contribution is -2.51. The van der Waals surface area contributed by atoms with Crippen LogP contribution in [-0.2, 0) is 9.53 Å². The summed E-state index contributed by atoms with van der Waals surface area (Å²) >= 11 is 0. The molecule has 0 saturated heterocycles. The Labute approximate surface area is 241 Å². The molecule has 1 aliphatic carbocycles. The largest absolute Gasteiger partial charge is 0.368 e. The van der Waals surface area contributed by atoms with Gasteiger partial charge in [-0.1, -0.05) is 6.07 Å². The van der Waals surface area contributed by atoms with E-state index in [0.29, 0.717) is 48.8 Å². The van der Waals surface area contributed by atoms with Crippen molar-refractivity contribution in [3.63, 3.8) is 0 Å². The molecule has 1 fully saturated rings. The topological polar surface area (TPSA) is 148 Å². The molecular formula is C29H31FN10O2. The molecule has 5 aromatic rings. The Kier molecular flexibility index (Phi) is 7.33. The first-order valence-corrected chi connectivity index (χ1v) is 13.8. The number of aryl methyl sites for hydroxylation is 1. The van der Waals surface area contributed by atoms with Gasteiger partial charge in [0.25, 0.3) is 5.91 Å². The molecule has 1 aliphatic rings. The smallest absolute Gasteiger partial charge is 0.252 e. The number of ether oxygens (including phenoxy) is 1. The van der Waals surface area contributed by atoms with Crippen molar-refractivity contribution >= 4 is 28.4 Å². The maximum Gasteiger partial charge on any atom is 0.252 e. The number of fused-ring (bicyclic) bond motifs is 1. The summed E-state index contributed by atoms with van der Waals surface area (Å²) in [4.78, 5) is 23.1. The summed E-state index contributed by atoms with van der Waals surface area (Å²) in [6.45, 7) is 3.78. The number of pyridine rings is 2. The van der Waals surface area contributed by atoms with Crippen LogP contribution in [0.4, 0.5) is 16.0 Å². The Hall–Kier alpha value is -4.78. The molecule has 0 aromatic carbocycles. The monoisotopic (exact) mass is 570 g/mol. The van der Waals surface area contributed by atoms with E-state index in [1.54, 1.807) is 25.4 Å². The molecule has 0 radical (unpaired) electrons. The fourth-order valence-corrected chi connectivity index (χ4v) is 5.47. The SMILES string of the molecule is CO[C@]1(C(=O)N[C@@H](C)c2ccc(-n3cc(F)cn3)nn2)CC[C@@H](c2nc(Nc3cc(C)[nH]n3)cc3cccnc32)CC1. The second kappa shape index (κ2) is 11.2. The van der Waals surface area contributed by atoms with Crippen LogP contribution in [0.15, 0.2) is 55.0 Å². The van der Waals surface area contributed by atoms with Crippen LogP contribution in [-0.4, -0.2) is 58.8 Å². The van der Waals surface area contributed by atoms with Crippen LogP contribution >= 0.6 is 0 Å². The summed E-state index contributed by atoms with van der Waals surface area (Å²) in [5.41, 5.74) is 2.29. The molecule has 5 aromatic heterocycles. The van der Waals surface area contributed by atoms with Crippen molar-refractivity contribution in [2.75, 3.05) is 12.4 Å². The maximum absolute atomic E-state index is 13.6. The lowest BCUT2D eigenvalue weighted by Gasteiger charge is -2.38. The van der Waals surface area contributed by atoms with E-state index in [1.807, 2.05) is 38.1 Å². The Morgan fingerprint density at radius 1 is 1.19 bits per heavy atom. The van der Waals surface area contributed by atoms with Gasteiger partial charge in [-0.25, -0.2) is 14.1 Å². The second-order valence-corrected chi connectivity index (χ2v) is 10.6. The highest BCUT2D eigenvalue weighted by atomic mass is 19.1. The summed E-state index contributed by atoms with van der Waals surface area (Å²) < 4.78 is 20.5. The fraction of sp³-hybridized carbons (Fsp3) is 0.345. The molecule has 1 amide bonds. The summed E-state index contributed by atoms with van der Waals surface area (Å²) in [6.07, 6.45) is 6.54. The maximum atomic E-state index is 13.6. The zero-order valence-corrected chi connectivity index (χ0v) is 23.5. The van der Waals surface area contributed by atoms with Crippen LogP contribution in [0.1, 0.15) is 61.6 Å². The molecule has 0 aliphatic heterocycles. The van der Waals surface area contributed by atoms with E-state index in [-0.39, 0.29) is 11.8 Å². The normalized spacial score (nSPS) is 19.5. The van der Waals surface area contributed by atoms with Crippen molar-refractivity contribution in [1.29, 1.82) is 0 Å². The van der Waals surface area contributed by atoms with E-state index in [4.69, 9.17) is 9.72 Å². The van der Waals surface area contributed by atoms with Gasteiger partial charge in [0.05, 0.1) is 35.3 Å². The van der Waals surface area contributed by atoms with Crippen molar-refractivity contribution < 1.29 is 13.9 Å². The van der Waals surface area contributed by atoms with E-state index < -0.39 is 17.5 Å². The number of aromatic amines is 1. The first-order valence-electron chi connectivity index (χ1n) is 13.8. The van der Waals surface area contributed by atoms with Crippen LogP contribution in [0.3, 0.4) is 0 Å². The Bertz CT molecular complexity index is 1710. The minimum absolute atomic E-state index is 0.101. The summed E-state index contributed by atoms with van der Waals surface area (Å²) in [5.74, 6) is 1.20. The standard InChI is InChI=1S/C29H31FN10O2/c1-17-13-24(38-36-17)34-23-14-20-5-4-12-31-26(20)27(35-23)19-8-10-29(42-3,11-9-19)28(41)33-18(2)22-6-7-25(39-37-22)40-16-21(30)15-32-40/h4-7,12-16,18-19H,8-11H2,1-3H3,(H,33,41)(H2,34,35,36,38)/t18-,19-,29-/m0/s1. The van der Waals surface area contributed by atoms with Crippen molar-refractivity contribution in [3.05, 3.63) is 77.9 Å². The molecule has 6 rings (SSSR count). The van der Waals surface area contributed by atoms with Gasteiger partial charge >= 0.3 is 0 Å². The number of methoxy groups -OCH3 is 1. The summed E-state index contributed by atoms with van der Waals surface area (Å²) in [6, 6.07) is 10.8. The number of aromatic nitrogens is 8. The average Bonchev–Trinajstić information content (AvgIpc) is 3.64. The Balaban J connectivity index is 1.16. The lowest BCUT2D eigenvalue weighted by atomic mass is 9.76. The molecule has 0 spiro atoms. The van der Waals surface area contributed by atoms with Crippen LogP contribution in [0.2, 0.25) is 0 Å². The van der Waals surface area contributed by atoms with Crippen LogP contribution in [0.5, 0.6) is 0 Å². The zero-order valence-electron chi connectivity index (χ0n) is 23.5. The number of rotatable bonds is 8. The number of carbonyl (C=O) groups is 1. The van der Waals surface area contributed by atoms with Gasteiger partial charge in [-0.3, -0.25) is 14.9 Å². The highest BCUT2D eigenvalue weighted by molar-refractivity contribution is 5.86. The molecule has 216 valence electrons. The van der Waals surface area contributed by atoms with E-state index in [0.717, 1.165) is 28.5 Å². The minimum atomic E-state index is -0.976. The number of H-pyrrole nitrogens is 1. The summed E-state index contributed by atoms with van der Waals surface area (Å²) in [7, 11) is 1.58. The van der Waals surface area contributed by atoms with Gasteiger partial charge in [-0.15, -0.1) is 5.10 Å². The lowest BCUT2D eigenvalue weighted by molar-refractivity contribution is -0.148. The molecule has 12 nitrogen and oxygen atoms in total. The van der Waals surface area contributed by atoms with E-state index in [9.17, 15) is 9.18 Å². The number of hydrogen-bond acceptors (Lipinski definition) is 9. The van der Waals surface area contributed by atoms with Crippen LogP contribution in [0.25, 0.3) is 16.7 Å². The van der Waals surface area contributed by atoms with Crippen LogP contribution in [0, 0.1) is 12.7 Å². The van der Waals surface area contributed by atoms with E-state index in [1.165, 1.54) is 10.9 Å². The van der Waals surface area contributed by atoms with Gasteiger partial charge in [0.1, 0.15) is 11.4 Å². The molecule has 1 atom stereocenters. The third-order valence-corrected chi connectivity index (χ3v) is 7.81. The molecular weight excluding hydrogens is 539 g/mol. The van der Waals surface area contributed by atoms with Crippen molar-refractivity contribution in [2.45, 2.75) is 57.1 Å². The van der Waals surface area contributed by atoms with Crippen molar-refractivity contribution in [2.24, 2.45) is 0 Å². The number of amides is 1. The fourth-order valence-electron chi connectivity index (χ4n) is 5.47. The summed E-state index contributed by atoms with van der Waals surface area (Å²) in [5, 5.41) is 26.8. The predicted octanol–water partition coefficient (Wildman–Crippen LogP) is 4.44. The van der Waals surface area contributed by atoms with E-state index >= 15 is 0 Å². The Morgan fingerprint density at radius 3 is 2.69 bits per heavy atom. The average molecular weight is 571 g/mol. The predicted molar refractivity (Wildman–Crippen MR) is 153 cm³/mol. The molecule has 42 heavy (non-hydrogen) atoms. The van der Waals surface area contributed by atoms with E-state index in [2.05, 4.69) is 41.1 Å². The molecule has 1 saturated carbocycles. The number of hydrogen-bond donors (Lipinski definition) is 3. The van der Waals surface area contributed by atoms with Gasteiger partial charge < -0.3 is 15.4 Å². The zero-order chi connectivity index (χ0) is 29.3. The highest BCUT2D eigenvalue weighted by Crippen LogP contribution is 2.41. The van der Waals surface area contributed by atoms with Crippen LogP contribution < -0.4 is 10.6 Å². The number of carbonyl (C=O) groups excluding carboxylic acids is 1. The third-order valence-electron chi connectivity index (χ3n) is 7.81. The number of nitrogens with zero attached hydrogens (tertiary/aromatic N) is 7. The van der Waals surface area contributed by atoms with Gasteiger partial charge in [-0.2, -0.15) is 15.3 Å². The number of halogens is 1. The number of anilines is 2. The van der Waals surface area contributed by atoms with Gasteiger partial charge in [0, 0.05) is 36.4 Å². The Morgan fingerprint density at radius 2 is 2.02 bits per heavy atom. The third kappa shape index (κ3) is 5.42. The van der Waals surface area contributed by atoms with Gasteiger partial charge in [0.15, 0.2) is 17.5 Å². The molecule has 3 N–H and O–H groups in total. The second-order valence-electron chi connectivity index (χ2n) is 10.6. The minimum Gasteiger partial charge on any atom is -0.368 e. The quantitative estimate of drug-likeness (QED) is 0.246. The first kappa shape index (κ1) is 27.4. The van der Waals surface area contributed by atoms with Gasteiger partial charge in [-0.05, 0) is 63.8 Å². The first-order chi connectivity index (χ1) is 20.3. The molecule has 5 heterocycles. The highest BCUT2D eigenvalue weighted by Gasteiger charge is 2.43. The molecule has 0 bridgehead atoms. The molecule has 13 heteroatoms. The van der Waals surface area contributed by atoms with Crippen molar-refractivity contribution in [3.8, 4) is 5.82 Å². The van der Waals surface area contributed by atoms with Crippen molar-refractivity contribution in [1.82, 2.24) is 45.5 Å².